The molecule has 2 aromatic carbocycles. The summed E-state index contributed by atoms with van der Waals surface area (Å²) in [6.45, 7) is 0. The van der Waals surface area contributed by atoms with Gasteiger partial charge in [-0.25, -0.2) is 8.78 Å². The maximum absolute atomic E-state index is 14.6. The Balaban J connectivity index is 2.58. The van der Waals surface area contributed by atoms with E-state index in [1.807, 2.05) is 0 Å². The summed E-state index contributed by atoms with van der Waals surface area (Å²) in [5.74, 6) is -2.37. The molecule has 0 aliphatic rings. The molecule has 0 spiro atoms. The van der Waals surface area contributed by atoms with Crippen molar-refractivity contribution in [1.82, 2.24) is 0 Å². The predicted octanol–water partition coefficient (Wildman–Crippen LogP) is 4.60. The molecule has 2 rings (SSSR count). The maximum Gasteiger partial charge on any atom is 0.288 e. The summed E-state index contributed by atoms with van der Waals surface area (Å²) in [6.07, 6.45) is -3.58. The zero-order valence-corrected chi connectivity index (χ0v) is 21.3. The van der Waals surface area contributed by atoms with Crippen LogP contribution < -0.4 is 0 Å². The molecule has 0 radical (unpaired) electrons. The Labute approximate surface area is 213 Å². The number of hydrogen-bond donors (Lipinski definition) is 0. The zero-order chi connectivity index (χ0) is 27.6. The highest BCUT2D eigenvalue weighted by Gasteiger charge is 2.30. The van der Waals surface area contributed by atoms with Crippen LogP contribution in [-0.2, 0) is 28.6 Å². The number of rotatable bonds is 11. The fourth-order valence-corrected chi connectivity index (χ4v) is 4.80. The van der Waals surface area contributed by atoms with E-state index in [-0.39, 0.29) is 0 Å². The lowest BCUT2D eigenvalue weighted by Crippen LogP contribution is -2.17. The van der Waals surface area contributed by atoms with E-state index in [1.165, 1.54) is 0 Å². The molecule has 0 aliphatic carbocycles. The molecule has 0 N–H and O–H groups in total. The first-order chi connectivity index (χ1) is 16.4. The molecule has 2 aromatic rings. The summed E-state index contributed by atoms with van der Waals surface area (Å²) in [4.78, 5) is 20.5. The molecule has 0 saturated heterocycles. The van der Waals surface area contributed by atoms with Crippen LogP contribution in [-0.4, -0.2) is 39.2 Å². The average molecular weight is 593 g/mol. The summed E-state index contributed by atoms with van der Waals surface area (Å²) in [7, 11) is -8.64. The summed E-state index contributed by atoms with van der Waals surface area (Å²) in [5.41, 5.74) is -2.81. The number of benzene rings is 2. The van der Waals surface area contributed by atoms with Gasteiger partial charge in [-0.2, -0.15) is 16.8 Å². The first-order valence-electron chi connectivity index (χ1n) is 9.42. The molecular formula is C18H16Cl2F2N2O10S2. The van der Waals surface area contributed by atoms with E-state index in [2.05, 4.69) is 0 Å². The fraction of sp³-hybridized carbons (Fsp3) is 0.333. The lowest BCUT2D eigenvalue weighted by atomic mass is 9.98. The molecular weight excluding hydrogens is 577 g/mol. The van der Waals surface area contributed by atoms with E-state index < -0.39 is 99.3 Å². The fourth-order valence-electron chi connectivity index (χ4n) is 3.12. The van der Waals surface area contributed by atoms with E-state index in [4.69, 9.17) is 31.6 Å². The lowest BCUT2D eigenvalue weighted by Gasteiger charge is -2.22. The van der Waals surface area contributed by atoms with Gasteiger partial charge in [-0.15, -0.1) is 0 Å². The Kier molecular flexibility index (Phi) is 9.30. The Morgan fingerprint density at radius 2 is 1.08 bits per heavy atom. The van der Waals surface area contributed by atoms with Crippen LogP contribution in [0, 0.1) is 31.9 Å². The smallest absolute Gasteiger partial charge is 0.262 e. The number of nitro groups is 2. The second-order valence-corrected chi connectivity index (χ2v) is 11.3. The van der Waals surface area contributed by atoms with E-state index in [0.717, 1.165) is 0 Å². The Morgan fingerprint density at radius 1 is 0.778 bits per heavy atom. The monoisotopic (exact) mass is 592 g/mol. The summed E-state index contributed by atoms with van der Waals surface area (Å²) in [6, 6.07) is 2.38. The van der Waals surface area contributed by atoms with E-state index in [0.29, 0.717) is 36.8 Å². The van der Waals surface area contributed by atoms with Gasteiger partial charge in [0.2, 0.25) is 0 Å². The van der Waals surface area contributed by atoms with Crippen molar-refractivity contribution in [3.05, 3.63) is 77.3 Å². The highest BCUT2D eigenvalue weighted by Crippen LogP contribution is 2.39. The van der Waals surface area contributed by atoms with Crippen LogP contribution in [0.5, 0.6) is 0 Å². The van der Waals surface area contributed by atoms with Crippen molar-refractivity contribution in [3.63, 3.8) is 0 Å². The molecule has 0 aromatic heterocycles. The second-order valence-electron chi connectivity index (χ2n) is 7.32. The third-order valence-electron chi connectivity index (χ3n) is 4.49. The molecule has 0 amide bonds. The van der Waals surface area contributed by atoms with Crippen LogP contribution in [0.25, 0.3) is 0 Å². The Morgan fingerprint density at radius 3 is 1.33 bits per heavy atom. The van der Waals surface area contributed by atoms with Gasteiger partial charge in [0.05, 0.1) is 22.4 Å². The molecule has 198 valence electrons. The van der Waals surface area contributed by atoms with E-state index in [9.17, 15) is 45.8 Å². The average Bonchev–Trinajstić information content (AvgIpc) is 2.68. The molecule has 18 heteroatoms. The summed E-state index contributed by atoms with van der Waals surface area (Å²) >= 11 is 11.3. The van der Waals surface area contributed by atoms with Gasteiger partial charge < -0.3 is 0 Å². The topological polar surface area (TPSA) is 173 Å². The van der Waals surface area contributed by atoms with Crippen molar-refractivity contribution in [2.45, 2.75) is 25.0 Å². The lowest BCUT2D eigenvalue weighted by molar-refractivity contribution is -0.385. The SMILES string of the molecule is CS(=O)(=O)OC(CCC(OS(C)(=O)=O)c1cc([N+](=O)[O-])c(Cl)cc1F)c1cc([N+](=O)[O-])c(Cl)cc1F. The van der Waals surface area contributed by atoms with Gasteiger partial charge in [0.15, 0.2) is 0 Å². The van der Waals surface area contributed by atoms with Crippen LogP contribution in [0.2, 0.25) is 10.0 Å². The van der Waals surface area contributed by atoms with Crippen molar-refractivity contribution in [1.29, 1.82) is 0 Å². The van der Waals surface area contributed by atoms with Crippen molar-refractivity contribution >= 4 is 54.8 Å². The van der Waals surface area contributed by atoms with Crippen LogP contribution >= 0.6 is 23.2 Å². The van der Waals surface area contributed by atoms with Crippen molar-refractivity contribution < 1.29 is 43.8 Å². The highest BCUT2D eigenvalue weighted by molar-refractivity contribution is 7.86. The molecule has 2 unspecified atom stereocenters. The van der Waals surface area contributed by atoms with Crippen LogP contribution in [0.3, 0.4) is 0 Å². The maximum atomic E-state index is 14.6. The van der Waals surface area contributed by atoms with Gasteiger partial charge in [0.25, 0.3) is 31.6 Å². The second kappa shape index (κ2) is 11.3. The third kappa shape index (κ3) is 8.01. The molecule has 0 heterocycles. The third-order valence-corrected chi connectivity index (χ3v) is 6.26. The van der Waals surface area contributed by atoms with Crippen molar-refractivity contribution in [3.8, 4) is 0 Å². The minimum atomic E-state index is -4.32. The Hall–Kier alpha value is -2.50. The van der Waals surface area contributed by atoms with Gasteiger partial charge in [0.1, 0.15) is 33.9 Å². The van der Waals surface area contributed by atoms with Gasteiger partial charge >= 0.3 is 0 Å². The molecule has 36 heavy (non-hydrogen) atoms. The minimum Gasteiger partial charge on any atom is -0.262 e. The molecule has 0 fully saturated rings. The number of hydrogen-bond acceptors (Lipinski definition) is 10. The van der Waals surface area contributed by atoms with Crippen molar-refractivity contribution in [2.24, 2.45) is 0 Å². The quantitative estimate of drug-likeness (QED) is 0.203. The predicted molar refractivity (Wildman–Crippen MR) is 123 cm³/mol. The molecule has 0 saturated carbocycles. The van der Waals surface area contributed by atoms with Gasteiger partial charge in [-0.3, -0.25) is 28.6 Å². The van der Waals surface area contributed by atoms with Gasteiger partial charge in [-0.05, 0) is 25.0 Å². The van der Waals surface area contributed by atoms with Crippen LogP contribution in [0.4, 0.5) is 20.2 Å². The standard InChI is InChI=1S/C18H16Cl2F2N2O10S2/c1-35(29,30)33-17(9-5-15(23(25)26)11(19)7-13(9)21)3-4-18(34-36(2,31)32)10-6-16(24(27)28)12(20)8-14(10)22/h5-8,17-18H,3-4H2,1-2H3. The van der Waals surface area contributed by atoms with Crippen molar-refractivity contribution in [2.75, 3.05) is 12.5 Å². The molecule has 12 nitrogen and oxygen atoms in total. The Bertz CT molecular complexity index is 1310. The number of nitrogens with zero attached hydrogens (tertiary/aromatic N) is 2. The number of nitro benzene ring substituents is 2. The largest absolute Gasteiger partial charge is 0.288 e. The van der Waals surface area contributed by atoms with Gasteiger partial charge in [-0.1, -0.05) is 23.2 Å². The molecule has 2 atom stereocenters. The molecule has 0 bridgehead atoms. The van der Waals surface area contributed by atoms with E-state index in [1.54, 1.807) is 0 Å². The first kappa shape index (κ1) is 29.7. The van der Waals surface area contributed by atoms with Crippen LogP contribution in [0.1, 0.15) is 36.2 Å². The van der Waals surface area contributed by atoms with E-state index >= 15 is 0 Å². The highest BCUT2D eigenvalue weighted by atomic mass is 35.5. The molecule has 0 aliphatic heterocycles. The number of halogens is 4. The minimum absolute atomic E-state index is 0.556. The van der Waals surface area contributed by atoms with Gasteiger partial charge in [0, 0.05) is 23.3 Å². The first-order valence-corrected chi connectivity index (χ1v) is 13.8. The summed E-state index contributed by atoms with van der Waals surface area (Å²) < 4.78 is 86.1. The summed E-state index contributed by atoms with van der Waals surface area (Å²) in [5, 5.41) is 21.2. The van der Waals surface area contributed by atoms with Crippen LogP contribution in [0.15, 0.2) is 24.3 Å². The normalized spacial score (nSPS) is 13.8. The zero-order valence-electron chi connectivity index (χ0n) is 18.2.